The van der Waals surface area contributed by atoms with Crippen molar-refractivity contribution in [3.8, 4) is 5.75 Å². The second kappa shape index (κ2) is 6.24. The summed E-state index contributed by atoms with van der Waals surface area (Å²) in [5.41, 5.74) is 6.06. The number of nitrogens with two attached hydrogens (primary N) is 1. The maximum Gasteiger partial charge on any atom is 0.122 e. The molecule has 1 aliphatic heterocycles. The van der Waals surface area contributed by atoms with Crippen molar-refractivity contribution in [2.75, 3.05) is 32.8 Å². The predicted octanol–water partition coefficient (Wildman–Crippen LogP) is 1.46. The maximum atomic E-state index is 7.33. The van der Waals surface area contributed by atoms with Gasteiger partial charge in [-0.2, -0.15) is 0 Å². The van der Waals surface area contributed by atoms with Crippen LogP contribution in [0.4, 0.5) is 0 Å². The van der Waals surface area contributed by atoms with Crippen LogP contribution in [0, 0.1) is 5.41 Å². The van der Waals surface area contributed by atoms with E-state index in [0.29, 0.717) is 12.2 Å². The fraction of sp³-hybridized carbons (Fsp3) is 0.533. The van der Waals surface area contributed by atoms with Crippen molar-refractivity contribution in [1.29, 1.82) is 5.41 Å². The van der Waals surface area contributed by atoms with Crippen LogP contribution in [0.2, 0.25) is 0 Å². The van der Waals surface area contributed by atoms with Gasteiger partial charge in [-0.25, -0.2) is 0 Å². The Morgan fingerprint density at radius 3 is 2.70 bits per heavy atom. The highest BCUT2D eigenvalue weighted by Crippen LogP contribution is 2.16. The zero-order chi connectivity index (χ0) is 14.6. The number of nitrogens with zero attached hydrogens (tertiary/aromatic N) is 1. The number of morpholine rings is 1. The van der Waals surface area contributed by atoms with Crippen LogP contribution in [0.5, 0.6) is 5.75 Å². The summed E-state index contributed by atoms with van der Waals surface area (Å²) in [6.45, 7) is 8.42. The van der Waals surface area contributed by atoms with Gasteiger partial charge in [0.05, 0.1) is 12.2 Å². The number of hydrogen-bond acceptors (Lipinski definition) is 4. The molecule has 0 aliphatic carbocycles. The monoisotopic (exact) mass is 277 g/mol. The van der Waals surface area contributed by atoms with Crippen molar-refractivity contribution < 1.29 is 9.47 Å². The van der Waals surface area contributed by atoms with Crippen LogP contribution in [0.25, 0.3) is 0 Å². The summed E-state index contributed by atoms with van der Waals surface area (Å²) < 4.78 is 11.4. The van der Waals surface area contributed by atoms with Crippen molar-refractivity contribution in [3.05, 3.63) is 29.8 Å². The lowest BCUT2D eigenvalue weighted by Crippen LogP contribution is -2.49. The van der Waals surface area contributed by atoms with Crippen LogP contribution in [0.3, 0.4) is 0 Å². The average molecular weight is 277 g/mol. The van der Waals surface area contributed by atoms with Gasteiger partial charge in [-0.15, -0.1) is 0 Å². The average Bonchev–Trinajstić information content (AvgIpc) is 2.38. The SMILES string of the molecule is CC1(C)CN(CCOc2ccc(C(=N)N)cc2)CCO1. The summed E-state index contributed by atoms with van der Waals surface area (Å²) >= 11 is 0. The van der Waals surface area contributed by atoms with Gasteiger partial charge < -0.3 is 15.2 Å². The molecule has 0 unspecified atom stereocenters. The highest BCUT2D eigenvalue weighted by molar-refractivity contribution is 5.94. The van der Waals surface area contributed by atoms with Crippen LogP contribution >= 0.6 is 0 Å². The summed E-state index contributed by atoms with van der Waals surface area (Å²) in [7, 11) is 0. The van der Waals surface area contributed by atoms with E-state index in [9.17, 15) is 0 Å². The van der Waals surface area contributed by atoms with Gasteiger partial charge in [0.15, 0.2) is 0 Å². The molecule has 3 N–H and O–H groups in total. The van der Waals surface area contributed by atoms with Crippen molar-refractivity contribution in [2.45, 2.75) is 19.4 Å². The molecule has 1 saturated heterocycles. The molecule has 5 nitrogen and oxygen atoms in total. The van der Waals surface area contributed by atoms with E-state index in [1.165, 1.54) is 0 Å². The van der Waals surface area contributed by atoms with Crippen LogP contribution in [-0.2, 0) is 4.74 Å². The fourth-order valence-electron chi connectivity index (χ4n) is 2.33. The Morgan fingerprint density at radius 1 is 1.40 bits per heavy atom. The Bertz CT molecular complexity index is 457. The third-order valence-electron chi connectivity index (χ3n) is 3.35. The lowest BCUT2D eigenvalue weighted by atomic mass is 10.1. The molecule has 2 rings (SSSR count). The first-order valence-corrected chi connectivity index (χ1v) is 6.90. The van der Waals surface area contributed by atoms with Crippen molar-refractivity contribution in [1.82, 2.24) is 4.90 Å². The summed E-state index contributed by atoms with van der Waals surface area (Å²) in [5.74, 6) is 0.884. The molecule has 0 spiro atoms. The first kappa shape index (κ1) is 14.8. The Morgan fingerprint density at radius 2 is 2.10 bits per heavy atom. The molecule has 1 heterocycles. The molecule has 20 heavy (non-hydrogen) atoms. The lowest BCUT2D eigenvalue weighted by molar-refractivity contribution is -0.0875. The minimum Gasteiger partial charge on any atom is -0.492 e. The van der Waals surface area contributed by atoms with E-state index in [0.717, 1.165) is 32.0 Å². The summed E-state index contributed by atoms with van der Waals surface area (Å²) in [5, 5.41) is 7.33. The molecule has 1 aliphatic rings. The van der Waals surface area contributed by atoms with E-state index < -0.39 is 0 Å². The van der Waals surface area contributed by atoms with Crippen molar-refractivity contribution >= 4 is 5.84 Å². The number of rotatable bonds is 5. The Labute approximate surface area is 120 Å². The van der Waals surface area contributed by atoms with Crippen molar-refractivity contribution in [3.63, 3.8) is 0 Å². The number of nitrogens with one attached hydrogen (secondary N) is 1. The molecule has 0 radical (unpaired) electrons. The molecule has 1 aromatic rings. The van der Waals surface area contributed by atoms with Gasteiger partial charge in [-0.1, -0.05) is 0 Å². The summed E-state index contributed by atoms with van der Waals surface area (Å²) in [4.78, 5) is 2.35. The van der Waals surface area contributed by atoms with Gasteiger partial charge in [0, 0.05) is 25.2 Å². The normalized spacial score (nSPS) is 18.7. The first-order chi connectivity index (χ1) is 9.46. The Hall–Kier alpha value is -1.59. The molecule has 0 bridgehead atoms. The van der Waals surface area contributed by atoms with E-state index in [2.05, 4.69) is 18.7 Å². The van der Waals surface area contributed by atoms with Gasteiger partial charge in [-0.3, -0.25) is 10.3 Å². The van der Waals surface area contributed by atoms with E-state index >= 15 is 0 Å². The van der Waals surface area contributed by atoms with Crippen LogP contribution < -0.4 is 10.5 Å². The second-order valence-corrected chi connectivity index (χ2v) is 5.67. The second-order valence-electron chi connectivity index (χ2n) is 5.67. The third-order valence-corrected chi connectivity index (χ3v) is 3.35. The van der Waals surface area contributed by atoms with Crippen LogP contribution in [0.1, 0.15) is 19.4 Å². The maximum absolute atomic E-state index is 7.33. The molecule has 0 atom stereocenters. The largest absolute Gasteiger partial charge is 0.492 e. The van der Waals surface area contributed by atoms with Gasteiger partial charge in [-0.05, 0) is 38.1 Å². The van der Waals surface area contributed by atoms with E-state index in [1.807, 2.05) is 12.1 Å². The van der Waals surface area contributed by atoms with Crippen molar-refractivity contribution in [2.24, 2.45) is 5.73 Å². The first-order valence-electron chi connectivity index (χ1n) is 6.90. The van der Waals surface area contributed by atoms with E-state index in [1.54, 1.807) is 12.1 Å². The fourth-order valence-corrected chi connectivity index (χ4v) is 2.33. The minimum atomic E-state index is -0.0681. The highest BCUT2D eigenvalue weighted by Gasteiger charge is 2.26. The molecule has 0 aromatic heterocycles. The summed E-state index contributed by atoms with van der Waals surface area (Å²) in [6, 6.07) is 7.30. The highest BCUT2D eigenvalue weighted by atomic mass is 16.5. The molecule has 110 valence electrons. The van der Waals surface area contributed by atoms with E-state index in [4.69, 9.17) is 20.6 Å². The quantitative estimate of drug-likeness (QED) is 0.631. The number of nitrogen functional groups attached to an aromatic ring is 1. The van der Waals surface area contributed by atoms with E-state index in [-0.39, 0.29) is 11.4 Å². The summed E-state index contributed by atoms with van der Waals surface area (Å²) in [6.07, 6.45) is 0. The predicted molar refractivity (Wildman–Crippen MR) is 79.4 cm³/mol. The number of benzene rings is 1. The van der Waals surface area contributed by atoms with Crippen LogP contribution in [0.15, 0.2) is 24.3 Å². The molecule has 1 aromatic carbocycles. The van der Waals surface area contributed by atoms with Gasteiger partial charge in [0.1, 0.15) is 18.2 Å². The molecule has 0 amide bonds. The van der Waals surface area contributed by atoms with Gasteiger partial charge >= 0.3 is 0 Å². The molecule has 5 heteroatoms. The number of hydrogen-bond donors (Lipinski definition) is 2. The van der Waals surface area contributed by atoms with Crippen LogP contribution in [-0.4, -0.2) is 49.2 Å². The smallest absolute Gasteiger partial charge is 0.122 e. The Balaban J connectivity index is 1.76. The molecular formula is C15H23N3O2. The standard InChI is InChI=1S/C15H23N3O2/c1-15(2)11-18(8-10-20-15)7-9-19-13-5-3-12(4-6-13)14(16)17/h3-6H,7-11H2,1-2H3,(H3,16,17). The zero-order valence-corrected chi connectivity index (χ0v) is 12.2. The minimum absolute atomic E-state index is 0.0681. The Kier molecular flexibility index (Phi) is 4.62. The van der Waals surface area contributed by atoms with Gasteiger partial charge in [0.25, 0.3) is 0 Å². The lowest BCUT2D eigenvalue weighted by Gasteiger charge is -2.38. The third kappa shape index (κ3) is 4.21. The zero-order valence-electron chi connectivity index (χ0n) is 12.2. The topological polar surface area (TPSA) is 71.6 Å². The molecule has 0 saturated carbocycles. The van der Waals surface area contributed by atoms with Gasteiger partial charge in [0.2, 0.25) is 0 Å². The number of ether oxygens (including phenoxy) is 2. The molecular weight excluding hydrogens is 254 g/mol. The number of amidine groups is 1. The molecule has 1 fully saturated rings.